The van der Waals surface area contributed by atoms with E-state index in [1.165, 1.54) is 5.56 Å². The second kappa shape index (κ2) is 7.34. The topological polar surface area (TPSA) is 21.3 Å². The molecular weight excluding hydrogens is 314 g/mol. The lowest BCUT2D eigenvalue weighted by molar-refractivity contribution is 0.416. The van der Waals surface area contributed by atoms with Crippen LogP contribution in [0.4, 0.5) is 5.69 Å². The fraction of sp³-hybridized carbons (Fsp3) is 0.294. The molecule has 1 atom stereocenters. The Labute approximate surface area is 129 Å². The number of hydrogen-bond acceptors (Lipinski definition) is 2. The molecule has 2 nitrogen and oxygen atoms in total. The van der Waals surface area contributed by atoms with Crippen LogP contribution in [0.3, 0.4) is 0 Å². The SMILES string of the molecule is COc1ccc(Br)cc1NC(C)CCc1ccccc1. The van der Waals surface area contributed by atoms with Crippen LogP contribution in [0.5, 0.6) is 5.75 Å². The van der Waals surface area contributed by atoms with Crippen molar-refractivity contribution in [3.05, 3.63) is 58.6 Å². The minimum atomic E-state index is 0.387. The summed E-state index contributed by atoms with van der Waals surface area (Å²) < 4.78 is 6.43. The van der Waals surface area contributed by atoms with Gasteiger partial charge in [-0.3, -0.25) is 0 Å². The number of halogens is 1. The van der Waals surface area contributed by atoms with Crippen LogP contribution in [0.2, 0.25) is 0 Å². The maximum atomic E-state index is 5.38. The highest BCUT2D eigenvalue weighted by atomic mass is 79.9. The van der Waals surface area contributed by atoms with Gasteiger partial charge < -0.3 is 10.1 Å². The number of benzene rings is 2. The molecule has 0 heterocycles. The molecule has 1 N–H and O–H groups in total. The van der Waals surface area contributed by atoms with E-state index < -0.39 is 0 Å². The predicted molar refractivity (Wildman–Crippen MR) is 88.5 cm³/mol. The lowest BCUT2D eigenvalue weighted by atomic mass is 10.1. The van der Waals surface area contributed by atoms with Gasteiger partial charge in [0.15, 0.2) is 0 Å². The van der Waals surface area contributed by atoms with E-state index in [1.54, 1.807) is 7.11 Å². The van der Waals surface area contributed by atoms with E-state index in [2.05, 4.69) is 64.6 Å². The molecule has 0 fully saturated rings. The van der Waals surface area contributed by atoms with Crippen LogP contribution < -0.4 is 10.1 Å². The molecular formula is C17H20BrNO. The second-order valence-corrected chi connectivity index (χ2v) is 5.83. The van der Waals surface area contributed by atoms with E-state index >= 15 is 0 Å². The predicted octanol–water partition coefficient (Wildman–Crippen LogP) is 4.89. The normalized spacial score (nSPS) is 11.9. The van der Waals surface area contributed by atoms with Crippen LogP contribution in [-0.4, -0.2) is 13.2 Å². The molecule has 2 aromatic carbocycles. The third-order valence-corrected chi connectivity index (χ3v) is 3.77. The Balaban J connectivity index is 1.94. The standard InChI is InChI=1S/C17H20BrNO/c1-13(8-9-14-6-4-3-5-7-14)19-16-12-15(18)10-11-17(16)20-2/h3-7,10-13,19H,8-9H2,1-2H3. The monoisotopic (exact) mass is 333 g/mol. The lowest BCUT2D eigenvalue weighted by Gasteiger charge is -2.18. The van der Waals surface area contributed by atoms with Crippen LogP contribution in [0.1, 0.15) is 18.9 Å². The van der Waals surface area contributed by atoms with Crippen LogP contribution in [0.25, 0.3) is 0 Å². The molecule has 0 aliphatic heterocycles. The minimum Gasteiger partial charge on any atom is -0.495 e. The van der Waals surface area contributed by atoms with E-state index in [-0.39, 0.29) is 0 Å². The molecule has 0 aliphatic rings. The van der Waals surface area contributed by atoms with Gasteiger partial charge in [0.05, 0.1) is 12.8 Å². The Morgan fingerprint density at radius 3 is 2.60 bits per heavy atom. The van der Waals surface area contributed by atoms with Gasteiger partial charge in [-0.05, 0) is 43.5 Å². The number of hydrogen-bond donors (Lipinski definition) is 1. The zero-order chi connectivity index (χ0) is 14.4. The van der Waals surface area contributed by atoms with Gasteiger partial charge in [-0.25, -0.2) is 0 Å². The van der Waals surface area contributed by atoms with E-state index in [4.69, 9.17) is 4.74 Å². The molecule has 20 heavy (non-hydrogen) atoms. The molecule has 106 valence electrons. The van der Waals surface area contributed by atoms with Gasteiger partial charge in [0.25, 0.3) is 0 Å². The van der Waals surface area contributed by atoms with Gasteiger partial charge in [0.1, 0.15) is 5.75 Å². The van der Waals surface area contributed by atoms with Gasteiger partial charge in [0.2, 0.25) is 0 Å². The van der Waals surface area contributed by atoms with Crippen LogP contribution in [0, 0.1) is 0 Å². The molecule has 2 rings (SSSR count). The number of rotatable bonds is 6. The summed E-state index contributed by atoms with van der Waals surface area (Å²) in [5.41, 5.74) is 2.41. The summed E-state index contributed by atoms with van der Waals surface area (Å²) >= 11 is 3.50. The summed E-state index contributed by atoms with van der Waals surface area (Å²) in [5, 5.41) is 3.52. The Morgan fingerprint density at radius 2 is 1.90 bits per heavy atom. The molecule has 0 saturated carbocycles. The van der Waals surface area contributed by atoms with E-state index in [0.29, 0.717) is 6.04 Å². The van der Waals surface area contributed by atoms with Crippen molar-refractivity contribution < 1.29 is 4.74 Å². The maximum absolute atomic E-state index is 5.38. The molecule has 0 saturated heterocycles. The smallest absolute Gasteiger partial charge is 0.142 e. The number of ether oxygens (including phenoxy) is 1. The summed E-state index contributed by atoms with van der Waals surface area (Å²) in [6.45, 7) is 2.20. The summed E-state index contributed by atoms with van der Waals surface area (Å²) in [5.74, 6) is 0.875. The minimum absolute atomic E-state index is 0.387. The highest BCUT2D eigenvalue weighted by molar-refractivity contribution is 9.10. The van der Waals surface area contributed by atoms with Gasteiger partial charge in [-0.15, -0.1) is 0 Å². The molecule has 2 aromatic rings. The van der Waals surface area contributed by atoms with Crippen LogP contribution in [0.15, 0.2) is 53.0 Å². The van der Waals surface area contributed by atoms with E-state index in [1.807, 2.05) is 12.1 Å². The quantitative estimate of drug-likeness (QED) is 0.812. The summed E-state index contributed by atoms with van der Waals surface area (Å²) in [6.07, 6.45) is 2.16. The van der Waals surface area contributed by atoms with Crippen molar-refractivity contribution in [1.82, 2.24) is 0 Å². The molecule has 0 radical (unpaired) electrons. The number of aryl methyl sites for hydroxylation is 1. The van der Waals surface area contributed by atoms with Crippen molar-refractivity contribution in [3.63, 3.8) is 0 Å². The second-order valence-electron chi connectivity index (χ2n) is 4.91. The third kappa shape index (κ3) is 4.27. The number of methoxy groups -OCH3 is 1. The van der Waals surface area contributed by atoms with E-state index in [0.717, 1.165) is 28.8 Å². The Kier molecular flexibility index (Phi) is 5.48. The molecule has 0 spiro atoms. The van der Waals surface area contributed by atoms with Gasteiger partial charge in [0, 0.05) is 10.5 Å². The highest BCUT2D eigenvalue weighted by Gasteiger charge is 2.08. The molecule has 0 amide bonds. The van der Waals surface area contributed by atoms with Crippen molar-refractivity contribution in [2.45, 2.75) is 25.8 Å². The zero-order valence-corrected chi connectivity index (χ0v) is 13.5. The van der Waals surface area contributed by atoms with Crippen molar-refractivity contribution in [2.75, 3.05) is 12.4 Å². The first-order chi connectivity index (χ1) is 9.69. The van der Waals surface area contributed by atoms with E-state index in [9.17, 15) is 0 Å². The molecule has 0 aliphatic carbocycles. The molecule has 0 bridgehead atoms. The maximum Gasteiger partial charge on any atom is 0.142 e. The lowest BCUT2D eigenvalue weighted by Crippen LogP contribution is -2.16. The van der Waals surface area contributed by atoms with Crippen molar-refractivity contribution >= 4 is 21.6 Å². The van der Waals surface area contributed by atoms with Crippen LogP contribution >= 0.6 is 15.9 Å². The van der Waals surface area contributed by atoms with Crippen molar-refractivity contribution in [2.24, 2.45) is 0 Å². The first-order valence-electron chi connectivity index (χ1n) is 6.83. The fourth-order valence-corrected chi connectivity index (χ4v) is 2.52. The Morgan fingerprint density at radius 1 is 1.15 bits per heavy atom. The number of anilines is 1. The van der Waals surface area contributed by atoms with Gasteiger partial charge in [-0.1, -0.05) is 46.3 Å². The third-order valence-electron chi connectivity index (χ3n) is 3.27. The van der Waals surface area contributed by atoms with Crippen molar-refractivity contribution in [1.29, 1.82) is 0 Å². The van der Waals surface area contributed by atoms with Gasteiger partial charge >= 0.3 is 0 Å². The summed E-state index contributed by atoms with van der Waals surface area (Å²) in [7, 11) is 1.70. The Bertz CT molecular complexity index is 542. The zero-order valence-electron chi connectivity index (χ0n) is 11.9. The largest absolute Gasteiger partial charge is 0.495 e. The summed E-state index contributed by atoms with van der Waals surface area (Å²) in [6, 6.07) is 17.0. The first-order valence-corrected chi connectivity index (χ1v) is 7.62. The van der Waals surface area contributed by atoms with Crippen LogP contribution in [-0.2, 0) is 6.42 Å². The molecule has 3 heteroatoms. The van der Waals surface area contributed by atoms with Crippen molar-refractivity contribution in [3.8, 4) is 5.75 Å². The average Bonchev–Trinajstić information content (AvgIpc) is 2.46. The van der Waals surface area contributed by atoms with Gasteiger partial charge in [-0.2, -0.15) is 0 Å². The highest BCUT2D eigenvalue weighted by Crippen LogP contribution is 2.28. The molecule has 1 unspecified atom stereocenters. The molecule has 0 aromatic heterocycles. The summed E-state index contributed by atoms with van der Waals surface area (Å²) in [4.78, 5) is 0. The Hall–Kier alpha value is -1.48. The number of nitrogens with one attached hydrogen (secondary N) is 1. The fourth-order valence-electron chi connectivity index (χ4n) is 2.16. The first kappa shape index (κ1) is 14.9. The average molecular weight is 334 g/mol.